The third kappa shape index (κ3) is 8.65. The van der Waals surface area contributed by atoms with Gasteiger partial charge in [0.2, 0.25) is 0 Å². The summed E-state index contributed by atoms with van der Waals surface area (Å²) in [5, 5.41) is 9.74. The fourth-order valence-corrected chi connectivity index (χ4v) is 4.30. The number of thioether (sulfide) groups is 1. The molecule has 7 nitrogen and oxygen atoms in total. The highest BCUT2D eigenvalue weighted by atomic mass is 32.2. The third-order valence-corrected chi connectivity index (χ3v) is 5.76. The number of hydrogen-bond donors (Lipinski definition) is 3. The number of aliphatic imine (C=N–C) groups is 1. The highest BCUT2D eigenvalue weighted by Gasteiger charge is 2.26. The van der Waals surface area contributed by atoms with Crippen molar-refractivity contribution in [2.45, 2.75) is 71.3 Å². The summed E-state index contributed by atoms with van der Waals surface area (Å²) < 4.78 is 5.16. The summed E-state index contributed by atoms with van der Waals surface area (Å²) in [4.78, 5) is 28.7. The molecule has 0 aliphatic heterocycles. The Labute approximate surface area is 183 Å². The predicted octanol–water partition coefficient (Wildman–Crippen LogP) is 4.29. The molecule has 0 spiro atoms. The van der Waals surface area contributed by atoms with Gasteiger partial charge in [-0.15, -0.1) is 11.8 Å². The van der Waals surface area contributed by atoms with Crippen molar-refractivity contribution in [1.29, 1.82) is 0 Å². The van der Waals surface area contributed by atoms with Crippen LogP contribution in [0.4, 0.5) is 9.59 Å². The average molecular weight is 435 g/mol. The van der Waals surface area contributed by atoms with E-state index in [1.54, 1.807) is 11.8 Å². The number of nitrogens with zero attached hydrogens (tertiary/aromatic N) is 1. The van der Waals surface area contributed by atoms with E-state index in [4.69, 9.17) is 9.73 Å². The lowest BCUT2D eigenvalue weighted by Gasteiger charge is -2.29. The first kappa shape index (κ1) is 24.1. The summed E-state index contributed by atoms with van der Waals surface area (Å²) in [6.45, 7) is 6.05. The van der Waals surface area contributed by atoms with Gasteiger partial charge in [-0.25, -0.2) is 9.59 Å². The number of benzene rings is 1. The molecule has 3 amide bonds. The Hall–Kier alpha value is -2.22. The van der Waals surface area contributed by atoms with E-state index in [-0.39, 0.29) is 30.4 Å². The molecule has 8 heteroatoms. The zero-order valence-corrected chi connectivity index (χ0v) is 19.1. The molecule has 0 heterocycles. The van der Waals surface area contributed by atoms with Crippen LogP contribution < -0.4 is 16.0 Å². The maximum absolute atomic E-state index is 12.1. The first-order chi connectivity index (χ1) is 14.4. The largest absolute Gasteiger partial charge is 0.447 e. The lowest BCUT2D eigenvalue weighted by atomic mass is 9.86. The molecule has 1 atom stereocenters. The van der Waals surface area contributed by atoms with Crippen molar-refractivity contribution in [3.8, 4) is 0 Å². The molecular weight excluding hydrogens is 400 g/mol. The van der Waals surface area contributed by atoms with Crippen LogP contribution in [0, 0.1) is 5.92 Å². The van der Waals surface area contributed by atoms with E-state index in [1.165, 1.54) is 0 Å². The van der Waals surface area contributed by atoms with Crippen molar-refractivity contribution >= 4 is 28.9 Å². The number of amides is 3. The quantitative estimate of drug-likeness (QED) is 0.441. The zero-order chi connectivity index (χ0) is 21.9. The molecule has 1 aromatic carbocycles. The topological polar surface area (TPSA) is 91.8 Å². The summed E-state index contributed by atoms with van der Waals surface area (Å²) in [5.41, 5.74) is 1.05. The monoisotopic (exact) mass is 434 g/mol. The second kappa shape index (κ2) is 12.5. The molecular formula is C22H34N4O3S. The number of nitrogens with one attached hydrogen (secondary N) is 3. The van der Waals surface area contributed by atoms with Crippen LogP contribution in [0.2, 0.25) is 0 Å². The standard InChI is InChI=1S/C22H34N4O3S/c1-15(2)29-22(28)26-19-12-10-18(11-13-19)20(30-4)24-16(3)25-21(27)23-14-17-8-6-5-7-9-17/h5-9,15-16,18-19H,10-14H2,1-4H3,(H,26,28)(H2,23,25,27). The van der Waals surface area contributed by atoms with Crippen molar-refractivity contribution in [1.82, 2.24) is 16.0 Å². The van der Waals surface area contributed by atoms with Gasteiger partial charge in [0.25, 0.3) is 0 Å². The van der Waals surface area contributed by atoms with Crippen LogP contribution in [0.1, 0.15) is 52.0 Å². The molecule has 1 aliphatic rings. The van der Waals surface area contributed by atoms with Crippen molar-refractivity contribution < 1.29 is 14.3 Å². The van der Waals surface area contributed by atoms with E-state index in [2.05, 4.69) is 16.0 Å². The fourth-order valence-electron chi connectivity index (χ4n) is 3.47. The van der Waals surface area contributed by atoms with Gasteiger partial charge in [0, 0.05) is 18.5 Å². The van der Waals surface area contributed by atoms with E-state index in [9.17, 15) is 9.59 Å². The molecule has 0 saturated heterocycles. The average Bonchev–Trinajstić information content (AvgIpc) is 2.71. The second-order valence-electron chi connectivity index (χ2n) is 7.81. The highest BCUT2D eigenvalue weighted by Crippen LogP contribution is 2.29. The smallest absolute Gasteiger partial charge is 0.407 e. The van der Waals surface area contributed by atoms with E-state index in [1.807, 2.05) is 57.4 Å². The van der Waals surface area contributed by atoms with Gasteiger partial charge in [-0.05, 0) is 58.3 Å². The minimum Gasteiger partial charge on any atom is -0.447 e. The Balaban J connectivity index is 1.77. The number of rotatable bonds is 7. The number of carbonyl (C=O) groups excluding carboxylic acids is 2. The van der Waals surface area contributed by atoms with Gasteiger partial charge < -0.3 is 20.7 Å². The Morgan fingerprint density at radius 3 is 2.40 bits per heavy atom. The molecule has 1 aliphatic carbocycles. The zero-order valence-electron chi connectivity index (χ0n) is 18.3. The highest BCUT2D eigenvalue weighted by molar-refractivity contribution is 8.13. The van der Waals surface area contributed by atoms with E-state index in [0.29, 0.717) is 12.5 Å². The van der Waals surface area contributed by atoms with E-state index in [0.717, 1.165) is 36.3 Å². The van der Waals surface area contributed by atoms with Gasteiger partial charge >= 0.3 is 12.1 Å². The third-order valence-electron chi connectivity index (χ3n) is 4.91. The van der Waals surface area contributed by atoms with Crippen LogP contribution >= 0.6 is 11.8 Å². The Morgan fingerprint density at radius 2 is 1.80 bits per heavy atom. The molecule has 166 valence electrons. The van der Waals surface area contributed by atoms with Gasteiger partial charge in [0.05, 0.1) is 11.1 Å². The lowest BCUT2D eigenvalue weighted by Crippen LogP contribution is -2.41. The number of urea groups is 1. The molecule has 0 aromatic heterocycles. The fraction of sp³-hybridized carbons (Fsp3) is 0.591. The van der Waals surface area contributed by atoms with Crippen LogP contribution in [-0.2, 0) is 11.3 Å². The second-order valence-corrected chi connectivity index (χ2v) is 8.63. The molecule has 0 bridgehead atoms. The van der Waals surface area contributed by atoms with Crippen LogP contribution in [0.3, 0.4) is 0 Å². The molecule has 3 N–H and O–H groups in total. The van der Waals surface area contributed by atoms with Gasteiger partial charge in [0.15, 0.2) is 0 Å². The van der Waals surface area contributed by atoms with Crippen LogP contribution in [0.15, 0.2) is 35.3 Å². The Morgan fingerprint density at radius 1 is 1.13 bits per heavy atom. The molecule has 2 rings (SSSR count). The van der Waals surface area contributed by atoms with Crippen molar-refractivity contribution in [2.75, 3.05) is 6.26 Å². The molecule has 1 saturated carbocycles. The minimum absolute atomic E-state index is 0.115. The van der Waals surface area contributed by atoms with Crippen LogP contribution in [-0.4, -0.2) is 41.7 Å². The maximum atomic E-state index is 12.1. The lowest BCUT2D eigenvalue weighted by molar-refractivity contribution is 0.109. The first-order valence-electron chi connectivity index (χ1n) is 10.5. The summed E-state index contributed by atoms with van der Waals surface area (Å²) in [7, 11) is 0. The summed E-state index contributed by atoms with van der Waals surface area (Å²) in [6, 6.07) is 9.71. The Kier molecular flexibility index (Phi) is 10.00. The van der Waals surface area contributed by atoms with Crippen molar-refractivity contribution in [2.24, 2.45) is 10.9 Å². The first-order valence-corrected chi connectivity index (χ1v) is 11.8. The van der Waals surface area contributed by atoms with Crippen LogP contribution in [0.5, 0.6) is 0 Å². The molecule has 1 aromatic rings. The summed E-state index contributed by atoms with van der Waals surface area (Å²) in [6.07, 6.45) is 4.97. The minimum atomic E-state index is -0.341. The normalized spacial score (nSPS) is 20.4. The van der Waals surface area contributed by atoms with Gasteiger partial charge in [-0.2, -0.15) is 0 Å². The van der Waals surface area contributed by atoms with Gasteiger partial charge in [0.1, 0.15) is 6.17 Å². The SMILES string of the molecule is CSC(=NC(C)NC(=O)NCc1ccccc1)C1CCC(NC(=O)OC(C)C)CC1. The summed E-state index contributed by atoms with van der Waals surface area (Å²) in [5.74, 6) is 0.357. The summed E-state index contributed by atoms with van der Waals surface area (Å²) >= 11 is 1.63. The Bertz CT molecular complexity index is 704. The molecule has 1 unspecified atom stereocenters. The molecule has 1 fully saturated rings. The number of carbonyl (C=O) groups is 2. The maximum Gasteiger partial charge on any atom is 0.407 e. The number of alkyl carbamates (subject to hydrolysis) is 1. The molecule has 0 radical (unpaired) electrons. The predicted molar refractivity (Wildman–Crippen MR) is 123 cm³/mol. The number of hydrogen-bond acceptors (Lipinski definition) is 5. The van der Waals surface area contributed by atoms with E-state index >= 15 is 0 Å². The van der Waals surface area contributed by atoms with Crippen molar-refractivity contribution in [3.63, 3.8) is 0 Å². The van der Waals surface area contributed by atoms with E-state index < -0.39 is 0 Å². The molecule has 30 heavy (non-hydrogen) atoms. The van der Waals surface area contributed by atoms with Gasteiger partial charge in [-0.1, -0.05) is 30.3 Å². The number of ether oxygens (including phenoxy) is 1. The van der Waals surface area contributed by atoms with Crippen molar-refractivity contribution in [3.05, 3.63) is 35.9 Å². The van der Waals surface area contributed by atoms with Gasteiger partial charge in [-0.3, -0.25) is 4.99 Å². The van der Waals surface area contributed by atoms with Crippen LogP contribution in [0.25, 0.3) is 0 Å².